The van der Waals surface area contributed by atoms with Crippen molar-refractivity contribution in [2.24, 2.45) is 0 Å². The lowest BCUT2D eigenvalue weighted by atomic mass is 10.1. The van der Waals surface area contributed by atoms with E-state index in [-0.39, 0.29) is 6.10 Å². The number of hydrogen-bond acceptors (Lipinski definition) is 5. The van der Waals surface area contributed by atoms with E-state index < -0.39 is 0 Å². The van der Waals surface area contributed by atoms with Crippen molar-refractivity contribution < 1.29 is 4.74 Å². The summed E-state index contributed by atoms with van der Waals surface area (Å²) in [6.45, 7) is 3.61. The Labute approximate surface area is 177 Å². The van der Waals surface area contributed by atoms with Crippen LogP contribution in [0.1, 0.15) is 30.0 Å². The van der Waals surface area contributed by atoms with Gasteiger partial charge in [0.2, 0.25) is 0 Å². The number of nitrogens with zero attached hydrogens (tertiary/aromatic N) is 4. The quantitative estimate of drug-likeness (QED) is 0.490. The van der Waals surface area contributed by atoms with Crippen LogP contribution in [-0.2, 0) is 13.1 Å². The van der Waals surface area contributed by atoms with Crippen LogP contribution in [0.4, 0.5) is 0 Å². The Hall–Kier alpha value is -2.61. The van der Waals surface area contributed by atoms with Gasteiger partial charge in [0.1, 0.15) is 17.5 Å². The molecule has 1 unspecified atom stereocenters. The Morgan fingerprint density at radius 1 is 1.17 bits per heavy atom. The number of pyridine rings is 1. The molecule has 4 aromatic rings. The van der Waals surface area contributed by atoms with Crippen molar-refractivity contribution in [2.45, 2.75) is 26.1 Å². The largest absolute Gasteiger partial charge is 0.486 e. The molecular formula is C20H18Cl2N6O. The molecule has 3 aromatic heterocycles. The van der Waals surface area contributed by atoms with Gasteiger partial charge >= 0.3 is 0 Å². The van der Waals surface area contributed by atoms with Crippen LogP contribution in [0.15, 0.2) is 30.6 Å². The van der Waals surface area contributed by atoms with E-state index >= 15 is 0 Å². The zero-order chi connectivity index (χ0) is 20.1. The molecule has 1 aliphatic heterocycles. The predicted octanol–water partition coefficient (Wildman–Crippen LogP) is 4.74. The summed E-state index contributed by atoms with van der Waals surface area (Å²) in [5, 5.41) is 9.42. The Kier molecular flexibility index (Phi) is 4.46. The van der Waals surface area contributed by atoms with E-state index in [1.165, 1.54) is 0 Å². The first-order chi connectivity index (χ1) is 14.0. The third-order valence-electron chi connectivity index (χ3n) is 5.08. The summed E-state index contributed by atoms with van der Waals surface area (Å²) in [5.41, 5.74) is 4.61. The van der Waals surface area contributed by atoms with Gasteiger partial charge in [-0.15, -0.1) is 0 Å². The summed E-state index contributed by atoms with van der Waals surface area (Å²) in [7, 11) is 2.07. The van der Waals surface area contributed by atoms with E-state index in [2.05, 4.69) is 32.1 Å². The second-order valence-corrected chi connectivity index (χ2v) is 8.05. The molecular weight excluding hydrogens is 411 g/mol. The lowest BCUT2D eigenvalue weighted by Crippen LogP contribution is -2.09. The molecule has 2 N–H and O–H groups in total. The number of aromatic nitrogens is 5. The smallest absolute Gasteiger partial charge is 0.159 e. The maximum atomic E-state index is 6.26. The summed E-state index contributed by atoms with van der Waals surface area (Å²) in [6.07, 6.45) is 2.79. The van der Waals surface area contributed by atoms with Gasteiger partial charge < -0.3 is 9.72 Å². The van der Waals surface area contributed by atoms with Crippen molar-refractivity contribution in [3.8, 4) is 17.3 Å². The third kappa shape index (κ3) is 3.25. The fourth-order valence-electron chi connectivity index (χ4n) is 3.72. The highest BCUT2D eigenvalue weighted by Gasteiger charge is 2.23. The fourth-order valence-corrected chi connectivity index (χ4v) is 4.39. The first kappa shape index (κ1) is 18.4. The van der Waals surface area contributed by atoms with Gasteiger partial charge in [-0.25, -0.2) is 4.98 Å². The Bertz CT molecular complexity index is 1170. The molecule has 29 heavy (non-hydrogen) atoms. The summed E-state index contributed by atoms with van der Waals surface area (Å²) >= 11 is 12.5. The van der Waals surface area contributed by atoms with Crippen LogP contribution in [0.2, 0.25) is 10.0 Å². The highest BCUT2D eigenvalue weighted by atomic mass is 35.5. The van der Waals surface area contributed by atoms with E-state index in [1.54, 1.807) is 12.4 Å². The lowest BCUT2D eigenvalue weighted by Gasteiger charge is -2.17. The van der Waals surface area contributed by atoms with Gasteiger partial charge in [-0.05, 0) is 32.2 Å². The molecule has 148 valence electrons. The zero-order valence-electron chi connectivity index (χ0n) is 15.8. The molecule has 5 rings (SSSR count). The molecule has 7 nitrogen and oxygen atoms in total. The molecule has 9 heteroatoms. The Morgan fingerprint density at radius 2 is 1.97 bits per heavy atom. The van der Waals surface area contributed by atoms with Crippen LogP contribution >= 0.6 is 23.2 Å². The van der Waals surface area contributed by atoms with E-state index in [1.807, 2.05) is 25.1 Å². The van der Waals surface area contributed by atoms with Gasteiger partial charge in [0.15, 0.2) is 5.82 Å². The standard InChI is InChI=1S/C20H18Cl2N6O/c1-10(18-13(21)6-23-7-14(18)22)29-11-3-4-15-12(5-11)19(27-26-15)20-24-16-8-28(2)9-17(16)25-20/h3-7,10H,8-9H2,1-2H3,(H,24,25)(H,26,27). The minimum atomic E-state index is -0.339. The number of aromatic amines is 2. The minimum absolute atomic E-state index is 0.339. The third-order valence-corrected chi connectivity index (χ3v) is 5.68. The van der Waals surface area contributed by atoms with Gasteiger partial charge in [0.05, 0.1) is 26.9 Å². The number of H-pyrrole nitrogens is 2. The van der Waals surface area contributed by atoms with E-state index in [0.29, 0.717) is 21.4 Å². The van der Waals surface area contributed by atoms with Crippen LogP contribution in [0, 0.1) is 0 Å². The second kappa shape index (κ2) is 7.02. The van der Waals surface area contributed by atoms with Gasteiger partial charge in [0.25, 0.3) is 0 Å². The number of nitrogens with one attached hydrogen (secondary N) is 2. The molecule has 1 aliphatic rings. The topological polar surface area (TPSA) is 82.7 Å². The number of benzene rings is 1. The first-order valence-corrected chi connectivity index (χ1v) is 9.95. The van der Waals surface area contributed by atoms with Crippen molar-refractivity contribution in [3.05, 3.63) is 57.6 Å². The molecule has 1 atom stereocenters. The number of halogens is 2. The van der Waals surface area contributed by atoms with Crippen molar-refractivity contribution in [1.29, 1.82) is 0 Å². The van der Waals surface area contributed by atoms with Crippen molar-refractivity contribution in [2.75, 3.05) is 7.05 Å². The number of hydrogen-bond donors (Lipinski definition) is 2. The molecule has 0 bridgehead atoms. The number of ether oxygens (including phenoxy) is 1. The molecule has 4 heterocycles. The molecule has 0 fully saturated rings. The molecule has 0 saturated heterocycles. The molecule has 0 amide bonds. The number of imidazole rings is 1. The highest BCUT2D eigenvalue weighted by molar-refractivity contribution is 6.35. The number of fused-ring (bicyclic) bond motifs is 2. The Balaban J connectivity index is 1.48. The van der Waals surface area contributed by atoms with Crippen molar-refractivity contribution in [1.82, 2.24) is 30.0 Å². The molecule has 0 aliphatic carbocycles. The summed E-state index contributed by atoms with van der Waals surface area (Å²) < 4.78 is 6.13. The second-order valence-electron chi connectivity index (χ2n) is 7.24. The Morgan fingerprint density at radius 3 is 2.72 bits per heavy atom. The van der Waals surface area contributed by atoms with Crippen LogP contribution in [-0.4, -0.2) is 37.1 Å². The maximum absolute atomic E-state index is 6.26. The van der Waals surface area contributed by atoms with Gasteiger partial charge in [-0.1, -0.05) is 23.2 Å². The van der Waals surface area contributed by atoms with E-state index in [0.717, 1.165) is 46.9 Å². The molecule has 0 radical (unpaired) electrons. The average Bonchev–Trinajstić information content (AvgIpc) is 3.33. The summed E-state index contributed by atoms with van der Waals surface area (Å²) in [5.74, 6) is 1.45. The lowest BCUT2D eigenvalue weighted by molar-refractivity contribution is 0.227. The maximum Gasteiger partial charge on any atom is 0.159 e. The normalized spacial score (nSPS) is 15.0. The molecule has 0 saturated carbocycles. The van der Waals surface area contributed by atoms with E-state index in [4.69, 9.17) is 32.9 Å². The average molecular weight is 429 g/mol. The van der Waals surface area contributed by atoms with Crippen LogP contribution in [0.25, 0.3) is 22.4 Å². The van der Waals surface area contributed by atoms with Crippen LogP contribution in [0.5, 0.6) is 5.75 Å². The summed E-state index contributed by atoms with van der Waals surface area (Å²) in [6, 6.07) is 5.78. The van der Waals surface area contributed by atoms with Gasteiger partial charge in [0, 0.05) is 36.4 Å². The highest BCUT2D eigenvalue weighted by Crippen LogP contribution is 2.35. The van der Waals surface area contributed by atoms with E-state index in [9.17, 15) is 0 Å². The van der Waals surface area contributed by atoms with Gasteiger partial charge in [-0.3, -0.25) is 15.0 Å². The van der Waals surface area contributed by atoms with Gasteiger partial charge in [-0.2, -0.15) is 5.10 Å². The predicted molar refractivity (Wildman–Crippen MR) is 112 cm³/mol. The monoisotopic (exact) mass is 428 g/mol. The molecule has 1 aromatic carbocycles. The SMILES string of the molecule is CC(Oc1ccc2[nH]nc(-c3nc4c([nH]3)CN(C)C4)c2c1)c1c(Cl)cncc1Cl. The first-order valence-electron chi connectivity index (χ1n) is 9.20. The number of rotatable bonds is 4. The zero-order valence-corrected chi connectivity index (χ0v) is 17.3. The minimum Gasteiger partial charge on any atom is -0.486 e. The van der Waals surface area contributed by atoms with Crippen molar-refractivity contribution in [3.63, 3.8) is 0 Å². The van der Waals surface area contributed by atoms with Crippen LogP contribution < -0.4 is 4.74 Å². The van der Waals surface area contributed by atoms with Crippen molar-refractivity contribution >= 4 is 34.1 Å². The fraction of sp³-hybridized carbons (Fsp3) is 0.250. The molecule has 0 spiro atoms. The summed E-state index contributed by atoms with van der Waals surface area (Å²) in [4.78, 5) is 14.3. The van der Waals surface area contributed by atoms with Crippen LogP contribution in [0.3, 0.4) is 0 Å².